The summed E-state index contributed by atoms with van der Waals surface area (Å²) in [5, 5.41) is 17.8. The molecular formula is C11H10BrF3O4. The van der Waals surface area contributed by atoms with E-state index in [-0.39, 0.29) is 11.3 Å². The first-order chi connectivity index (χ1) is 8.62. The number of halogens is 4. The third-order valence-electron chi connectivity index (χ3n) is 2.23. The molecule has 1 aromatic rings. The predicted octanol–water partition coefficient (Wildman–Crippen LogP) is 2.76. The van der Waals surface area contributed by atoms with E-state index in [1.165, 1.54) is 19.1 Å². The first-order valence-corrected chi connectivity index (χ1v) is 5.83. The molecule has 0 aromatic heterocycles. The number of carboxylic acids is 1. The van der Waals surface area contributed by atoms with Crippen LogP contribution in [-0.2, 0) is 0 Å². The van der Waals surface area contributed by atoms with Crippen LogP contribution in [0, 0.1) is 6.92 Å². The van der Waals surface area contributed by atoms with E-state index < -0.39 is 24.9 Å². The highest BCUT2D eigenvalue weighted by Crippen LogP contribution is 2.29. The van der Waals surface area contributed by atoms with E-state index in [0.29, 0.717) is 10.0 Å². The summed E-state index contributed by atoms with van der Waals surface area (Å²) >= 11 is 3.08. The Labute approximate surface area is 114 Å². The summed E-state index contributed by atoms with van der Waals surface area (Å²) in [6.45, 7) is 0.429. The molecule has 0 aliphatic carbocycles. The highest BCUT2D eigenvalue weighted by molar-refractivity contribution is 9.10. The van der Waals surface area contributed by atoms with Gasteiger partial charge in [-0.05, 0) is 24.6 Å². The molecule has 0 bridgehead atoms. The molecule has 0 amide bonds. The van der Waals surface area contributed by atoms with Crippen molar-refractivity contribution >= 4 is 21.9 Å². The molecule has 0 aliphatic heterocycles. The average molecular weight is 343 g/mol. The van der Waals surface area contributed by atoms with Gasteiger partial charge in [-0.3, -0.25) is 0 Å². The second-order valence-corrected chi connectivity index (χ2v) is 4.69. The molecule has 1 unspecified atom stereocenters. The summed E-state index contributed by atoms with van der Waals surface area (Å²) in [5.41, 5.74) is 0.0717. The summed E-state index contributed by atoms with van der Waals surface area (Å²) in [6, 6.07) is 2.71. The van der Waals surface area contributed by atoms with Crippen LogP contribution < -0.4 is 4.74 Å². The molecule has 8 heteroatoms. The molecule has 0 radical (unpaired) electrons. The summed E-state index contributed by atoms with van der Waals surface area (Å²) < 4.78 is 41.6. The number of hydrogen-bond acceptors (Lipinski definition) is 3. The maximum atomic E-state index is 12.1. The maximum absolute atomic E-state index is 12.1. The van der Waals surface area contributed by atoms with Gasteiger partial charge in [0.25, 0.3) is 0 Å². The van der Waals surface area contributed by atoms with Gasteiger partial charge in [0.15, 0.2) is 6.10 Å². The molecular weight excluding hydrogens is 333 g/mol. The summed E-state index contributed by atoms with van der Waals surface area (Å²) in [6.07, 6.45) is -7.48. The molecule has 2 N–H and O–H groups in total. The minimum absolute atomic E-state index is 0.195. The van der Waals surface area contributed by atoms with E-state index in [1.807, 2.05) is 0 Å². The van der Waals surface area contributed by atoms with Crippen molar-refractivity contribution in [3.05, 3.63) is 27.7 Å². The lowest BCUT2D eigenvalue weighted by atomic mass is 10.1. The van der Waals surface area contributed by atoms with Crippen molar-refractivity contribution in [3.8, 4) is 5.75 Å². The fourth-order valence-corrected chi connectivity index (χ4v) is 1.91. The van der Waals surface area contributed by atoms with Gasteiger partial charge in [0.1, 0.15) is 17.9 Å². The third-order valence-corrected chi connectivity index (χ3v) is 2.69. The Morgan fingerprint density at radius 2 is 2.05 bits per heavy atom. The van der Waals surface area contributed by atoms with Crippen LogP contribution in [0.3, 0.4) is 0 Å². The fraction of sp³-hybridized carbons (Fsp3) is 0.364. The lowest BCUT2D eigenvalue weighted by Crippen LogP contribution is -2.34. The third kappa shape index (κ3) is 4.10. The number of aryl methyl sites for hydroxylation is 1. The maximum Gasteiger partial charge on any atom is 0.417 e. The largest absolute Gasteiger partial charge is 0.489 e. The smallest absolute Gasteiger partial charge is 0.417 e. The second kappa shape index (κ2) is 5.79. The van der Waals surface area contributed by atoms with Crippen molar-refractivity contribution in [1.29, 1.82) is 0 Å². The van der Waals surface area contributed by atoms with Gasteiger partial charge in [0, 0.05) is 4.47 Å². The number of ether oxygens (including phenoxy) is 1. The molecule has 0 aliphatic rings. The van der Waals surface area contributed by atoms with E-state index >= 15 is 0 Å². The Bertz CT molecular complexity index is 488. The molecule has 0 fully saturated rings. The zero-order valence-corrected chi connectivity index (χ0v) is 11.2. The summed E-state index contributed by atoms with van der Waals surface area (Å²) in [5.74, 6) is -1.53. The zero-order chi connectivity index (χ0) is 14.8. The van der Waals surface area contributed by atoms with Crippen LogP contribution >= 0.6 is 15.9 Å². The standard InChI is InChI=1S/C11H10BrF3O4/c1-5-2-6(12)3-7(10(17)18)9(5)19-4-8(16)11(13,14)15/h2-3,8,16H,4H2,1H3,(H,17,18). The molecule has 0 spiro atoms. The second-order valence-electron chi connectivity index (χ2n) is 3.77. The Balaban J connectivity index is 2.98. The van der Waals surface area contributed by atoms with Crippen molar-refractivity contribution in [3.63, 3.8) is 0 Å². The van der Waals surface area contributed by atoms with Crippen molar-refractivity contribution in [2.24, 2.45) is 0 Å². The zero-order valence-electron chi connectivity index (χ0n) is 9.66. The van der Waals surface area contributed by atoms with Crippen molar-refractivity contribution in [1.82, 2.24) is 0 Å². The number of carbonyl (C=O) groups is 1. The number of rotatable bonds is 4. The number of aliphatic hydroxyl groups is 1. The van der Waals surface area contributed by atoms with Crippen LogP contribution in [0.4, 0.5) is 13.2 Å². The van der Waals surface area contributed by atoms with Gasteiger partial charge in [0.05, 0.1) is 0 Å². The number of benzene rings is 1. The van der Waals surface area contributed by atoms with Crippen LogP contribution in [-0.4, -0.2) is 35.1 Å². The first kappa shape index (κ1) is 15.8. The Kier molecular flexibility index (Phi) is 4.81. The number of aliphatic hydroxyl groups excluding tert-OH is 1. The van der Waals surface area contributed by atoms with Crippen LogP contribution in [0.25, 0.3) is 0 Å². The van der Waals surface area contributed by atoms with Gasteiger partial charge in [0.2, 0.25) is 0 Å². The lowest BCUT2D eigenvalue weighted by molar-refractivity contribution is -0.210. The van der Waals surface area contributed by atoms with Crippen LogP contribution in [0.1, 0.15) is 15.9 Å². The molecule has 0 saturated carbocycles. The van der Waals surface area contributed by atoms with Crippen LogP contribution in [0.5, 0.6) is 5.75 Å². The molecule has 4 nitrogen and oxygen atoms in total. The van der Waals surface area contributed by atoms with Crippen molar-refractivity contribution in [2.75, 3.05) is 6.61 Å². The van der Waals surface area contributed by atoms with Gasteiger partial charge < -0.3 is 14.9 Å². The molecule has 1 rings (SSSR count). The molecule has 0 heterocycles. The van der Waals surface area contributed by atoms with Crippen LogP contribution in [0.15, 0.2) is 16.6 Å². The monoisotopic (exact) mass is 342 g/mol. The molecule has 1 atom stereocenters. The highest BCUT2D eigenvalue weighted by Gasteiger charge is 2.39. The highest BCUT2D eigenvalue weighted by atomic mass is 79.9. The molecule has 0 saturated heterocycles. The quantitative estimate of drug-likeness (QED) is 0.882. The van der Waals surface area contributed by atoms with E-state index in [1.54, 1.807) is 0 Å². The average Bonchev–Trinajstić information content (AvgIpc) is 2.24. The van der Waals surface area contributed by atoms with Gasteiger partial charge >= 0.3 is 12.1 Å². The normalized spacial score (nSPS) is 13.2. The number of aromatic carboxylic acids is 1. The Hall–Kier alpha value is -1.28. The summed E-state index contributed by atoms with van der Waals surface area (Å²) in [7, 11) is 0. The van der Waals surface area contributed by atoms with Crippen LogP contribution in [0.2, 0.25) is 0 Å². The van der Waals surface area contributed by atoms with Gasteiger partial charge in [-0.1, -0.05) is 15.9 Å². The van der Waals surface area contributed by atoms with Crippen molar-refractivity contribution < 1.29 is 32.9 Å². The Morgan fingerprint density at radius 3 is 2.53 bits per heavy atom. The number of hydrogen-bond donors (Lipinski definition) is 2. The van der Waals surface area contributed by atoms with Gasteiger partial charge in [-0.25, -0.2) is 4.79 Å². The Morgan fingerprint density at radius 1 is 1.47 bits per heavy atom. The summed E-state index contributed by atoms with van der Waals surface area (Å²) in [4.78, 5) is 11.0. The SMILES string of the molecule is Cc1cc(Br)cc(C(=O)O)c1OCC(O)C(F)(F)F. The van der Waals surface area contributed by atoms with E-state index in [0.717, 1.165) is 0 Å². The van der Waals surface area contributed by atoms with E-state index in [9.17, 15) is 18.0 Å². The number of alkyl halides is 3. The van der Waals surface area contributed by atoms with E-state index in [2.05, 4.69) is 15.9 Å². The topological polar surface area (TPSA) is 66.8 Å². The first-order valence-electron chi connectivity index (χ1n) is 5.04. The predicted molar refractivity (Wildman–Crippen MR) is 63.4 cm³/mol. The molecule has 19 heavy (non-hydrogen) atoms. The lowest BCUT2D eigenvalue weighted by Gasteiger charge is -2.17. The molecule has 1 aromatic carbocycles. The number of carboxylic acid groups (broad SMARTS) is 1. The van der Waals surface area contributed by atoms with Crippen molar-refractivity contribution in [2.45, 2.75) is 19.2 Å². The van der Waals surface area contributed by atoms with Gasteiger partial charge in [-0.15, -0.1) is 0 Å². The fourth-order valence-electron chi connectivity index (χ4n) is 1.34. The van der Waals surface area contributed by atoms with E-state index in [4.69, 9.17) is 14.9 Å². The minimum atomic E-state index is -4.81. The molecule has 106 valence electrons. The minimum Gasteiger partial charge on any atom is -0.489 e. The van der Waals surface area contributed by atoms with Gasteiger partial charge in [-0.2, -0.15) is 13.2 Å².